The number of rotatable bonds is 10. The van der Waals surface area contributed by atoms with Gasteiger partial charge in [-0.05, 0) is 86.4 Å². The van der Waals surface area contributed by atoms with E-state index in [-0.39, 0.29) is 23.3 Å². The number of halogens is 3. The van der Waals surface area contributed by atoms with Crippen molar-refractivity contribution in [1.82, 2.24) is 14.9 Å². The Kier molecular flexibility index (Phi) is 10.5. The Labute approximate surface area is 249 Å². The van der Waals surface area contributed by atoms with E-state index in [1.165, 1.54) is 12.4 Å². The van der Waals surface area contributed by atoms with Crippen molar-refractivity contribution in [3.05, 3.63) is 76.3 Å². The Morgan fingerprint density at radius 2 is 1.83 bits per heavy atom. The molecule has 0 radical (unpaired) electrons. The largest absolute Gasteiger partial charge is 0.438 e. The summed E-state index contributed by atoms with van der Waals surface area (Å²) in [6.45, 7) is 6.06. The molecule has 1 aromatic heterocycles. The molecule has 0 aliphatic carbocycles. The lowest BCUT2D eigenvalue weighted by molar-refractivity contribution is -0.138. The van der Waals surface area contributed by atoms with E-state index in [0.29, 0.717) is 22.8 Å². The summed E-state index contributed by atoms with van der Waals surface area (Å²) in [6, 6.07) is 14.3. The number of alkyl halides is 3. The number of nitrogens with two attached hydrogens (primary N) is 1. The number of nitrogens with one attached hydrogen (secondary N) is 1. The standard InChI is InChI=1S/C31H37F3N6OS/c1-20(2)17-23-7-5-6-8-26(23)28-27(31(32,33)34)29(38-30(37-28)39-42-25(18-35)19-36-3)41-24-11-9-21(10-12-24)22-13-15-40(4)16-14-22/h5-12,18-20,22H,13-17,35H2,1-4H3,(H,37,38,39). The molecule has 0 saturated carbocycles. The number of anilines is 1. The molecule has 0 unspecified atom stereocenters. The number of aromatic nitrogens is 2. The van der Waals surface area contributed by atoms with Gasteiger partial charge in [0, 0.05) is 25.0 Å². The molecule has 2 aromatic carbocycles. The molecule has 2 heterocycles. The zero-order chi connectivity index (χ0) is 30.3. The van der Waals surface area contributed by atoms with Crippen LogP contribution in [0, 0.1) is 5.92 Å². The predicted octanol–water partition coefficient (Wildman–Crippen LogP) is 7.52. The van der Waals surface area contributed by atoms with Gasteiger partial charge in [0.25, 0.3) is 0 Å². The van der Waals surface area contributed by atoms with Crippen molar-refractivity contribution in [1.29, 1.82) is 0 Å². The SMILES string of the molecule is CN=CC(=CN)SNc1nc(Oc2ccc(C3CCN(C)CC3)cc2)c(C(F)(F)F)c(-c2ccccc2CC(C)C)n1. The van der Waals surface area contributed by atoms with Crippen LogP contribution in [0.3, 0.4) is 0 Å². The van der Waals surface area contributed by atoms with Gasteiger partial charge in [-0.1, -0.05) is 50.2 Å². The minimum absolute atomic E-state index is 0.0517. The summed E-state index contributed by atoms with van der Waals surface area (Å²) >= 11 is 1.04. The van der Waals surface area contributed by atoms with Crippen LogP contribution in [0.4, 0.5) is 19.1 Å². The summed E-state index contributed by atoms with van der Waals surface area (Å²) in [5, 5.41) is 0. The Bertz CT molecular complexity index is 1400. The highest BCUT2D eigenvalue weighted by molar-refractivity contribution is 8.05. The summed E-state index contributed by atoms with van der Waals surface area (Å²) in [6.07, 6.45) is 0.716. The molecule has 42 heavy (non-hydrogen) atoms. The third-order valence-electron chi connectivity index (χ3n) is 7.03. The number of ether oxygens (including phenoxy) is 1. The van der Waals surface area contributed by atoms with E-state index in [4.69, 9.17) is 10.5 Å². The van der Waals surface area contributed by atoms with Gasteiger partial charge in [0.2, 0.25) is 11.8 Å². The first-order valence-electron chi connectivity index (χ1n) is 13.9. The number of hydrogen-bond acceptors (Lipinski definition) is 8. The Morgan fingerprint density at radius 1 is 1.14 bits per heavy atom. The fraction of sp³-hybridized carbons (Fsp3) is 0.387. The monoisotopic (exact) mass is 598 g/mol. The molecule has 3 N–H and O–H groups in total. The van der Waals surface area contributed by atoms with Gasteiger partial charge < -0.3 is 15.4 Å². The van der Waals surface area contributed by atoms with Crippen LogP contribution in [-0.4, -0.2) is 48.3 Å². The second-order valence-electron chi connectivity index (χ2n) is 10.7. The number of aliphatic imine (C=N–C) groups is 1. The van der Waals surface area contributed by atoms with E-state index in [0.717, 1.165) is 49.0 Å². The number of nitrogens with zero attached hydrogens (tertiary/aromatic N) is 4. The first-order chi connectivity index (χ1) is 20.1. The highest BCUT2D eigenvalue weighted by atomic mass is 32.2. The lowest BCUT2D eigenvalue weighted by Gasteiger charge is -2.29. The van der Waals surface area contributed by atoms with Crippen LogP contribution in [-0.2, 0) is 12.6 Å². The number of benzene rings is 2. The molecular weight excluding hydrogens is 561 g/mol. The van der Waals surface area contributed by atoms with Crippen LogP contribution in [0.1, 0.15) is 49.3 Å². The lowest BCUT2D eigenvalue weighted by Crippen LogP contribution is -2.29. The lowest BCUT2D eigenvalue weighted by atomic mass is 9.90. The quantitative estimate of drug-likeness (QED) is 0.184. The maximum atomic E-state index is 14.8. The molecule has 1 fully saturated rings. The van der Waals surface area contributed by atoms with Crippen LogP contribution >= 0.6 is 11.9 Å². The summed E-state index contributed by atoms with van der Waals surface area (Å²) in [5.41, 5.74) is 6.66. The van der Waals surface area contributed by atoms with Gasteiger partial charge in [-0.15, -0.1) is 0 Å². The van der Waals surface area contributed by atoms with Crippen molar-refractivity contribution >= 4 is 24.1 Å². The topological polar surface area (TPSA) is 88.7 Å². The molecule has 3 aromatic rings. The minimum atomic E-state index is -4.79. The summed E-state index contributed by atoms with van der Waals surface area (Å²) < 4.78 is 53.2. The predicted molar refractivity (Wildman–Crippen MR) is 165 cm³/mol. The van der Waals surface area contributed by atoms with E-state index in [1.54, 1.807) is 31.3 Å². The first kappa shape index (κ1) is 31.4. The van der Waals surface area contributed by atoms with Gasteiger partial charge in [-0.3, -0.25) is 9.71 Å². The second-order valence-corrected chi connectivity index (χ2v) is 11.6. The molecule has 0 spiro atoms. The molecule has 0 amide bonds. The zero-order valence-corrected chi connectivity index (χ0v) is 25.1. The van der Waals surface area contributed by atoms with Gasteiger partial charge >= 0.3 is 6.18 Å². The van der Waals surface area contributed by atoms with E-state index in [9.17, 15) is 13.2 Å². The maximum Gasteiger partial charge on any atom is 0.423 e. The fourth-order valence-electron chi connectivity index (χ4n) is 4.98. The number of hydrogen-bond donors (Lipinski definition) is 2. The van der Waals surface area contributed by atoms with Crippen molar-refractivity contribution in [2.24, 2.45) is 16.6 Å². The normalized spacial score (nSPS) is 15.5. The van der Waals surface area contributed by atoms with Crippen LogP contribution in [0.5, 0.6) is 11.6 Å². The highest BCUT2D eigenvalue weighted by Gasteiger charge is 2.41. The zero-order valence-electron chi connectivity index (χ0n) is 24.3. The van der Waals surface area contributed by atoms with E-state index in [2.05, 4.69) is 31.6 Å². The number of likely N-dealkylation sites (tertiary alicyclic amines) is 1. The smallest absolute Gasteiger partial charge is 0.423 e. The highest BCUT2D eigenvalue weighted by Crippen LogP contribution is 2.44. The molecular formula is C31H37F3N6OS. The minimum Gasteiger partial charge on any atom is -0.438 e. The second kappa shape index (κ2) is 14.1. The van der Waals surface area contributed by atoms with E-state index < -0.39 is 17.6 Å². The molecule has 0 bridgehead atoms. The molecule has 7 nitrogen and oxygen atoms in total. The fourth-order valence-corrected chi connectivity index (χ4v) is 5.50. The van der Waals surface area contributed by atoms with Crippen LogP contribution < -0.4 is 15.2 Å². The molecule has 11 heteroatoms. The van der Waals surface area contributed by atoms with Crippen molar-refractivity contribution in [2.75, 3.05) is 31.9 Å². The average Bonchev–Trinajstić information content (AvgIpc) is 2.95. The van der Waals surface area contributed by atoms with E-state index >= 15 is 0 Å². The number of allylic oxidation sites excluding steroid dienone is 1. The van der Waals surface area contributed by atoms with Gasteiger partial charge in [-0.2, -0.15) is 18.2 Å². The van der Waals surface area contributed by atoms with E-state index in [1.807, 2.05) is 38.1 Å². The van der Waals surface area contributed by atoms with Crippen LogP contribution in [0.2, 0.25) is 0 Å². The summed E-state index contributed by atoms with van der Waals surface area (Å²) in [7, 11) is 3.70. The molecule has 0 atom stereocenters. The van der Waals surface area contributed by atoms with Crippen molar-refractivity contribution < 1.29 is 17.9 Å². The van der Waals surface area contributed by atoms with Crippen LogP contribution in [0.25, 0.3) is 11.3 Å². The Morgan fingerprint density at radius 3 is 2.45 bits per heavy atom. The average molecular weight is 599 g/mol. The Balaban J connectivity index is 1.78. The van der Waals surface area contributed by atoms with Crippen molar-refractivity contribution in [3.63, 3.8) is 0 Å². The Hall–Kier alpha value is -3.57. The molecule has 1 aliphatic rings. The van der Waals surface area contributed by atoms with Crippen molar-refractivity contribution in [2.45, 2.75) is 45.2 Å². The first-order valence-corrected chi connectivity index (χ1v) is 14.7. The molecule has 1 saturated heterocycles. The van der Waals surface area contributed by atoms with Gasteiger partial charge in [0.05, 0.1) is 10.6 Å². The van der Waals surface area contributed by atoms with Crippen LogP contribution in [0.15, 0.2) is 64.6 Å². The van der Waals surface area contributed by atoms with Gasteiger partial charge in [-0.25, -0.2) is 4.98 Å². The summed E-state index contributed by atoms with van der Waals surface area (Å²) in [4.78, 5) is 15.3. The molecule has 1 aliphatic heterocycles. The third-order valence-corrected chi connectivity index (χ3v) is 7.79. The third kappa shape index (κ3) is 8.04. The van der Waals surface area contributed by atoms with Gasteiger partial charge in [0.15, 0.2) is 0 Å². The van der Waals surface area contributed by atoms with Gasteiger partial charge in [0.1, 0.15) is 11.3 Å². The maximum absolute atomic E-state index is 14.8. The van der Waals surface area contributed by atoms with Crippen molar-refractivity contribution in [3.8, 4) is 22.9 Å². The molecule has 4 rings (SSSR count). The summed E-state index contributed by atoms with van der Waals surface area (Å²) in [5.74, 6) is 0.262. The number of piperidine rings is 1. The molecule has 224 valence electrons.